The molecule has 0 spiro atoms. The van der Waals surface area contributed by atoms with E-state index in [1.165, 1.54) is 0 Å². The molecule has 0 aromatic heterocycles. The van der Waals surface area contributed by atoms with E-state index in [4.69, 9.17) is 10.5 Å². The van der Waals surface area contributed by atoms with Crippen LogP contribution in [-0.2, 0) is 9.53 Å². The summed E-state index contributed by atoms with van der Waals surface area (Å²) >= 11 is 0. The minimum Gasteiger partial charge on any atom is -0.380 e. The number of carbonyl (C=O) groups excluding carboxylic acids is 1. The van der Waals surface area contributed by atoms with Gasteiger partial charge in [-0.3, -0.25) is 4.79 Å². The number of amides is 1. The number of nitrogens with zero attached hydrogens (tertiary/aromatic N) is 1. The van der Waals surface area contributed by atoms with Crippen LogP contribution < -0.4 is 5.73 Å². The summed E-state index contributed by atoms with van der Waals surface area (Å²) in [6, 6.07) is -0.561. The van der Waals surface area contributed by atoms with Crippen molar-refractivity contribution in [2.75, 3.05) is 20.2 Å². The normalized spacial score (nSPS) is 16.6. The average Bonchev–Trinajstić information content (AvgIpc) is 2.32. The van der Waals surface area contributed by atoms with Gasteiger partial charge in [-0.2, -0.15) is 0 Å². The minimum absolute atomic E-state index is 0.0165. The van der Waals surface area contributed by atoms with E-state index >= 15 is 0 Å². The van der Waals surface area contributed by atoms with Gasteiger partial charge in [0, 0.05) is 20.2 Å². The number of rotatable bonds is 7. The molecule has 0 aromatic carbocycles. The molecule has 2 N–H and O–H groups in total. The smallest absolute Gasteiger partial charge is 0.242 e. The molecule has 96 valence electrons. The molecule has 3 atom stereocenters. The largest absolute Gasteiger partial charge is 0.380 e. The standard InChI is InChI=1S/C12H26N2O2/c1-6-9(3)8-14(7-2)12(15)11(13)10(4)16-5/h9-11H,6-8,13H2,1-5H3. The summed E-state index contributed by atoms with van der Waals surface area (Å²) in [4.78, 5) is 13.9. The molecule has 0 heterocycles. The van der Waals surface area contributed by atoms with Crippen LogP contribution in [0.25, 0.3) is 0 Å². The summed E-state index contributed by atoms with van der Waals surface area (Å²) in [5.74, 6) is 0.492. The summed E-state index contributed by atoms with van der Waals surface area (Å²) in [5.41, 5.74) is 5.85. The van der Waals surface area contributed by atoms with Crippen molar-refractivity contribution in [2.24, 2.45) is 11.7 Å². The highest BCUT2D eigenvalue weighted by Gasteiger charge is 2.25. The molecule has 0 aliphatic carbocycles. The van der Waals surface area contributed by atoms with Crippen molar-refractivity contribution < 1.29 is 9.53 Å². The third kappa shape index (κ3) is 4.49. The van der Waals surface area contributed by atoms with Crippen LogP contribution in [-0.4, -0.2) is 43.2 Å². The zero-order chi connectivity index (χ0) is 12.7. The minimum atomic E-state index is -0.561. The molecule has 3 unspecified atom stereocenters. The molecule has 0 saturated heterocycles. The number of hydrogen-bond acceptors (Lipinski definition) is 3. The Kier molecular flexibility index (Phi) is 7.34. The second-order valence-corrected chi connectivity index (χ2v) is 4.36. The Balaban J connectivity index is 4.40. The Morgan fingerprint density at radius 1 is 1.38 bits per heavy atom. The molecule has 16 heavy (non-hydrogen) atoms. The van der Waals surface area contributed by atoms with Crippen molar-refractivity contribution in [3.8, 4) is 0 Å². The van der Waals surface area contributed by atoms with Gasteiger partial charge < -0.3 is 15.4 Å². The van der Waals surface area contributed by atoms with Crippen LogP contribution in [0.3, 0.4) is 0 Å². The van der Waals surface area contributed by atoms with E-state index in [1.54, 1.807) is 7.11 Å². The van der Waals surface area contributed by atoms with Gasteiger partial charge in [0.05, 0.1) is 6.10 Å². The highest BCUT2D eigenvalue weighted by molar-refractivity contribution is 5.82. The maximum absolute atomic E-state index is 12.0. The summed E-state index contributed by atoms with van der Waals surface area (Å²) in [6.07, 6.45) is 0.831. The van der Waals surface area contributed by atoms with E-state index in [0.717, 1.165) is 13.0 Å². The summed E-state index contributed by atoms with van der Waals surface area (Å²) in [6.45, 7) is 9.54. The first-order valence-corrected chi connectivity index (χ1v) is 6.04. The molecule has 0 fully saturated rings. The summed E-state index contributed by atoms with van der Waals surface area (Å²) < 4.78 is 5.09. The van der Waals surface area contributed by atoms with E-state index in [1.807, 2.05) is 18.7 Å². The van der Waals surface area contributed by atoms with Crippen LogP contribution in [0.15, 0.2) is 0 Å². The maximum atomic E-state index is 12.0. The molecule has 0 radical (unpaired) electrons. The van der Waals surface area contributed by atoms with Gasteiger partial charge in [-0.25, -0.2) is 0 Å². The quantitative estimate of drug-likeness (QED) is 0.716. The van der Waals surface area contributed by atoms with E-state index in [2.05, 4.69) is 13.8 Å². The topological polar surface area (TPSA) is 55.6 Å². The van der Waals surface area contributed by atoms with Crippen LogP contribution >= 0.6 is 0 Å². The molecule has 0 aromatic rings. The third-order valence-corrected chi connectivity index (χ3v) is 3.09. The molecular formula is C12H26N2O2. The molecule has 0 saturated carbocycles. The molecule has 0 aliphatic heterocycles. The van der Waals surface area contributed by atoms with Crippen LogP contribution in [0.4, 0.5) is 0 Å². The first kappa shape index (κ1) is 15.4. The monoisotopic (exact) mass is 230 g/mol. The molecule has 0 rings (SSSR count). The lowest BCUT2D eigenvalue weighted by Crippen LogP contribution is -2.50. The average molecular weight is 230 g/mol. The van der Waals surface area contributed by atoms with Crippen LogP contribution in [0.1, 0.15) is 34.1 Å². The third-order valence-electron chi connectivity index (χ3n) is 3.09. The van der Waals surface area contributed by atoms with E-state index in [9.17, 15) is 4.79 Å². The highest BCUT2D eigenvalue weighted by atomic mass is 16.5. The molecule has 4 heteroatoms. The predicted octanol–water partition coefficient (Wildman–Crippen LogP) is 1.24. The van der Waals surface area contributed by atoms with Crippen molar-refractivity contribution >= 4 is 5.91 Å². The second-order valence-electron chi connectivity index (χ2n) is 4.36. The van der Waals surface area contributed by atoms with Gasteiger partial charge >= 0.3 is 0 Å². The highest BCUT2D eigenvalue weighted by Crippen LogP contribution is 2.07. The SMILES string of the molecule is CCC(C)CN(CC)C(=O)C(N)C(C)OC. The Bertz CT molecular complexity index is 209. The maximum Gasteiger partial charge on any atom is 0.242 e. The number of likely N-dealkylation sites (N-methyl/N-ethyl adjacent to an activating group) is 1. The lowest BCUT2D eigenvalue weighted by molar-refractivity contribution is -0.135. The second kappa shape index (κ2) is 7.63. The Morgan fingerprint density at radius 3 is 2.31 bits per heavy atom. The van der Waals surface area contributed by atoms with Crippen molar-refractivity contribution in [1.82, 2.24) is 4.90 Å². The number of hydrogen-bond donors (Lipinski definition) is 1. The van der Waals surface area contributed by atoms with Crippen molar-refractivity contribution in [3.63, 3.8) is 0 Å². The van der Waals surface area contributed by atoms with Crippen molar-refractivity contribution in [2.45, 2.75) is 46.3 Å². The number of carbonyl (C=O) groups is 1. The van der Waals surface area contributed by atoms with Gasteiger partial charge in [0.1, 0.15) is 6.04 Å². The van der Waals surface area contributed by atoms with Gasteiger partial charge in [-0.05, 0) is 19.8 Å². The molecule has 4 nitrogen and oxygen atoms in total. The van der Waals surface area contributed by atoms with Crippen LogP contribution in [0.5, 0.6) is 0 Å². The first-order valence-electron chi connectivity index (χ1n) is 6.04. The first-order chi connectivity index (χ1) is 7.47. The van der Waals surface area contributed by atoms with Crippen molar-refractivity contribution in [1.29, 1.82) is 0 Å². The number of methoxy groups -OCH3 is 1. The molecule has 0 bridgehead atoms. The van der Waals surface area contributed by atoms with Gasteiger partial charge in [0.15, 0.2) is 0 Å². The zero-order valence-electron chi connectivity index (χ0n) is 11.2. The zero-order valence-corrected chi connectivity index (χ0v) is 11.2. The molecular weight excluding hydrogens is 204 g/mol. The fraction of sp³-hybridized carbons (Fsp3) is 0.917. The van der Waals surface area contributed by atoms with E-state index < -0.39 is 6.04 Å². The van der Waals surface area contributed by atoms with Gasteiger partial charge in [0.25, 0.3) is 0 Å². The Labute approximate surface area is 99.1 Å². The van der Waals surface area contributed by atoms with Gasteiger partial charge in [-0.1, -0.05) is 20.3 Å². The van der Waals surface area contributed by atoms with E-state index in [0.29, 0.717) is 12.5 Å². The fourth-order valence-electron chi connectivity index (χ4n) is 1.44. The number of nitrogens with two attached hydrogens (primary N) is 1. The van der Waals surface area contributed by atoms with E-state index in [-0.39, 0.29) is 12.0 Å². The lowest BCUT2D eigenvalue weighted by atomic mass is 10.1. The molecule has 1 amide bonds. The van der Waals surface area contributed by atoms with Gasteiger partial charge in [-0.15, -0.1) is 0 Å². The van der Waals surface area contributed by atoms with Gasteiger partial charge in [0.2, 0.25) is 5.91 Å². The van der Waals surface area contributed by atoms with Crippen molar-refractivity contribution in [3.05, 3.63) is 0 Å². The number of ether oxygens (including phenoxy) is 1. The Morgan fingerprint density at radius 2 is 1.94 bits per heavy atom. The Hall–Kier alpha value is -0.610. The lowest BCUT2D eigenvalue weighted by Gasteiger charge is -2.28. The fourth-order valence-corrected chi connectivity index (χ4v) is 1.44. The van der Waals surface area contributed by atoms with Crippen LogP contribution in [0, 0.1) is 5.92 Å². The summed E-state index contributed by atoms with van der Waals surface area (Å²) in [5, 5.41) is 0. The predicted molar refractivity (Wildman–Crippen MR) is 66.2 cm³/mol. The summed E-state index contributed by atoms with van der Waals surface area (Å²) in [7, 11) is 1.57. The van der Waals surface area contributed by atoms with Crippen LogP contribution in [0.2, 0.25) is 0 Å². The molecule has 0 aliphatic rings.